The summed E-state index contributed by atoms with van der Waals surface area (Å²) in [4.78, 5) is 23.9. The number of esters is 1. The van der Waals surface area contributed by atoms with Gasteiger partial charge < -0.3 is 10.1 Å². The van der Waals surface area contributed by atoms with Crippen LogP contribution in [0.1, 0.15) is 16.7 Å². The number of rotatable bonds is 6. The van der Waals surface area contributed by atoms with Crippen molar-refractivity contribution >= 4 is 23.6 Å². The molecule has 0 bridgehead atoms. The summed E-state index contributed by atoms with van der Waals surface area (Å²) in [6, 6.07) is 17.9. The monoisotopic (exact) mass is 359 g/mol. The van der Waals surface area contributed by atoms with Crippen LogP contribution in [0.25, 0.3) is 6.08 Å². The molecule has 0 atom stereocenters. The molecular formula is C21H17N3O3. The van der Waals surface area contributed by atoms with Crippen LogP contribution < -0.4 is 5.32 Å². The van der Waals surface area contributed by atoms with Crippen molar-refractivity contribution in [3.63, 3.8) is 0 Å². The lowest BCUT2D eigenvalue weighted by atomic mass is 10.1. The standard InChI is InChI=1S/C21H17N3O3/c1-15-2-4-17(5-3-15)12-18(13-23)21(26)27-14-20(25)24-19-8-6-16(7-9-19)10-11-22/h2-9,12H,10,14H2,1H3,(H,24,25)/b18-12+. The Morgan fingerprint density at radius 3 is 2.33 bits per heavy atom. The van der Waals surface area contributed by atoms with Gasteiger partial charge in [0.15, 0.2) is 6.61 Å². The summed E-state index contributed by atoms with van der Waals surface area (Å²) in [6.45, 7) is 1.42. The van der Waals surface area contributed by atoms with Crippen LogP contribution in [0, 0.1) is 29.6 Å². The molecule has 6 nitrogen and oxygen atoms in total. The highest BCUT2D eigenvalue weighted by Gasteiger charge is 2.13. The predicted octanol–water partition coefficient (Wildman–Crippen LogP) is 3.15. The van der Waals surface area contributed by atoms with E-state index in [0.717, 1.165) is 11.1 Å². The van der Waals surface area contributed by atoms with Gasteiger partial charge in [0.2, 0.25) is 0 Å². The van der Waals surface area contributed by atoms with E-state index < -0.39 is 18.5 Å². The zero-order chi connectivity index (χ0) is 19.6. The van der Waals surface area contributed by atoms with Gasteiger partial charge in [0, 0.05) is 5.69 Å². The molecule has 0 saturated carbocycles. The minimum absolute atomic E-state index is 0.187. The fraction of sp³-hybridized carbons (Fsp3) is 0.143. The topological polar surface area (TPSA) is 103 Å². The first kappa shape index (κ1) is 19.4. The summed E-state index contributed by atoms with van der Waals surface area (Å²) in [5.74, 6) is -1.39. The van der Waals surface area contributed by atoms with Crippen molar-refractivity contribution in [2.75, 3.05) is 11.9 Å². The fourth-order valence-corrected chi connectivity index (χ4v) is 2.17. The van der Waals surface area contributed by atoms with Gasteiger partial charge in [-0.2, -0.15) is 10.5 Å². The van der Waals surface area contributed by atoms with E-state index in [4.69, 9.17) is 15.3 Å². The van der Waals surface area contributed by atoms with Crippen LogP contribution in [0.5, 0.6) is 0 Å². The van der Waals surface area contributed by atoms with Gasteiger partial charge in [0.25, 0.3) is 5.91 Å². The Bertz CT molecular complexity index is 931. The minimum Gasteiger partial charge on any atom is -0.451 e. The Morgan fingerprint density at radius 1 is 1.07 bits per heavy atom. The normalized spacial score (nSPS) is 10.4. The second-order valence-electron chi connectivity index (χ2n) is 5.74. The number of nitrogens with zero attached hydrogens (tertiary/aromatic N) is 2. The third-order valence-electron chi connectivity index (χ3n) is 3.58. The second-order valence-corrected chi connectivity index (χ2v) is 5.74. The molecule has 0 saturated heterocycles. The molecule has 0 spiro atoms. The molecule has 0 aromatic heterocycles. The van der Waals surface area contributed by atoms with Crippen molar-refractivity contribution in [2.45, 2.75) is 13.3 Å². The van der Waals surface area contributed by atoms with Crippen LogP contribution in [0.15, 0.2) is 54.1 Å². The van der Waals surface area contributed by atoms with Gasteiger partial charge in [0.1, 0.15) is 11.6 Å². The van der Waals surface area contributed by atoms with Gasteiger partial charge in [-0.25, -0.2) is 4.79 Å². The first-order valence-electron chi connectivity index (χ1n) is 8.13. The van der Waals surface area contributed by atoms with Crippen LogP contribution in [0.3, 0.4) is 0 Å². The zero-order valence-electron chi connectivity index (χ0n) is 14.7. The van der Waals surface area contributed by atoms with Crippen LogP contribution in [0.2, 0.25) is 0 Å². The Morgan fingerprint density at radius 2 is 1.74 bits per heavy atom. The van der Waals surface area contributed by atoms with Crippen LogP contribution in [-0.2, 0) is 20.7 Å². The molecule has 6 heteroatoms. The molecule has 27 heavy (non-hydrogen) atoms. The SMILES string of the molecule is Cc1ccc(/C=C(\C#N)C(=O)OCC(=O)Nc2ccc(CC#N)cc2)cc1. The minimum atomic E-state index is -0.863. The number of hydrogen-bond donors (Lipinski definition) is 1. The maximum atomic E-state index is 12.0. The van der Waals surface area contributed by atoms with E-state index >= 15 is 0 Å². The zero-order valence-corrected chi connectivity index (χ0v) is 14.7. The number of ether oxygens (including phenoxy) is 1. The van der Waals surface area contributed by atoms with Crippen molar-refractivity contribution in [3.8, 4) is 12.1 Å². The summed E-state index contributed by atoms with van der Waals surface area (Å²) in [6.07, 6.45) is 1.70. The van der Waals surface area contributed by atoms with E-state index in [0.29, 0.717) is 11.3 Å². The fourth-order valence-electron chi connectivity index (χ4n) is 2.17. The highest BCUT2D eigenvalue weighted by atomic mass is 16.5. The lowest BCUT2D eigenvalue weighted by Crippen LogP contribution is -2.21. The molecule has 0 fully saturated rings. The number of nitrogens with one attached hydrogen (secondary N) is 1. The Labute approximate surface area is 157 Å². The summed E-state index contributed by atoms with van der Waals surface area (Å²) in [5.41, 5.74) is 2.92. The number of nitriles is 2. The van der Waals surface area contributed by atoms with Crippen molar-refractivity contribution in [1.82, 2.24) is 0 Å². The largest absolute Gasteiger partial charge is 0.451 e. The molecule has 0 aliphatic rings. The Balaban J connectivity index is 1.91. The molecule has 0 heterocycles. The third-order valence-corrected chi connectivity index (χ3v) is 3.58. The smallest absolute Gasteiger partial charge is 0.349 e. The predicted molar refractivity (Wildman–Crippen MR) is 100 cm³/mol. The van der Waals surface area contributed by atoms with Gasteiger partial charge in [-0.3, -0.25) is 4.79 Å². The van der Waals surface area contributed by atoms with Gasteiger partial charge >= 0.3 is 5.97 Å². The first-order chi connectivity index (χ1) is 13.0. The second kappa shape index (κ2) is 9.55. The molecule has 0 aliphatic carbocycles. The molecule has 134 valence electrons. The number of carbonyl (C=O) groups is 2. The summed E-state index contributed by atoms with van der Waals surface area (Å²) in [7, 11) is 0. The van der Waals surface area contributed by atoms with Crippen molar-refractivity contribution in [2.24, 2.45) is 0 Å². The number of anilines is 1. The molecule has 0 aliphatic heterocycles. The molecule has 2 aromatic rings. The maximum absolute atomic E-state index is 12.0. The molecule has 0 radical (unpaired) electrons. The molecule has 1 amide bonds. The van der Waals surface area contributed by atoms with E-state index in [9.17, 15) is 9.59 Å². The van der Waals surface area contributed by atoms with E-state index in [2.05, 4.69) is 5.32 Å². The molecule has 2 rings (SSSR count). The third kappa shape index (κ3) is 6.15. The summed E-state index contributed by atoms with van der Waals surface area (Å²) in [5, 5.41) is 20.3. The first-order valence-corrected chi connectivity index (χ1v) is 8.13. The quantitative estimate of drug-likeness (QED) is 0.485. The van der Waals surface area contributed by atoms with Crippen LogP contribution in [-0.4, -0.2) is 18.5 Å². The van der Waals surface area contributed by atoms with E-state index in [-0.39, 0.29) is 12.0 Å². The highest BCUT2D eigenvalue weighted by molar-refractivity contribution is 6.00. The molecule has 2 aromatic carbocycles. The lowest BCUT2D eigenvalue weighted by molar-refractivity contribution is -0.142. The van der Waals surface area contributed by atoms with Crippen molar-refractivity contribution in [1.29, 1.82) is 10.5 Å². The highest BCUT2D eigenvalue weighted by Crippen LogP contribution is 2.11. The number of aryl methyl sites for hydroxylation is 1. The number of amides is 1. The maximum Gasteiger partial charge on any atom is 0.349 e. The summed E-state index contributed by atoms with van der Waals surface area (Å²) < 4.78 is 4.90. The number of carbonyl (C=O) groups excluding carboxylic acids is 2. The molecular weight excluding hydrogens is 342 g/mol. The van der Waals surface area contributed by atoms with Gasteiger partial charge in [-0.15, -0.1) is 0 Å². The Hall–Kier alpha value is -3.90. The van der Waals surface area contributed by atoms with E-state index in [1.54, 1.807) is 42.5 Å². The van der Waals surface area contributed by atoms with Crippen LogP contribution >= 0.6 is 0 Å². The van der Waals surface area contributed by atoms with Crippen molar-refractivity contribution < 1.29 is 14.3 Å². The molecule has 0 unspecified atom stereocenters. The van der Waals surface area contributed by atoms with Gasteiger partial charge in [0.05, 0.1) is 12.5 Å². The van der Waals surface area contributed by atoms with Crippen molar-refractivity contribution in [3.05, 3.63) is 70.8 Å². The van der Waals surface area contributed by atoms with Gasteiger partial charge in [-0.05, 0) is 36.3 Å². The van der Waals surface area contributed by atoms with E-state index in [1.165, 1.54) is 6.08 Å². The Kier molecular flexibility index (Phi) is 6.87. The average Bonchev–Trinajstić information content (AvgIpc) is 2.67. The average molecular weight is 359 g/mol. The number of hydrogen-bond acceptors (Lipinski definition) is 5. The lowest BCUT2D eigenvalue weighted by Gasteiger charge is -2.07. The van der Waals surface area contributed by atoms with Crippen LogP contribution in [0.4, 0.5) is 5.69 Å². The summed E-state index contributed by atoms with van der Waals surface area (Å²) >= 11 is 0. The number of benzene rings is 2. The van der Waals surface area contributed by atoms with E-state index in [1.807, 2.05) is 25.1 Å². The van der Waals surface area contributed by atoms with Gasteiger partial charge in [-0.1, -0.05) is 42.0 Å². The molecule has 1 N–H and O–H groups in total.